The number of rotatable bonds is 4. The summed E-state index contributed by atoms with van der Waals surface area (Å²) in [5.41, 5.74) is 7.39. The smallest absolute Gasteiger partial charge is 0.143 e. The minimum absolute atomic E-state index is 0.875. The third-order valence-corrected chi connectivity index (χ3v) is 9.82. The molecular formula is C46H29NO. The van der Waals surface area contributed by atoms with Crippen LogP contribution in [0.3, 0.4) is 0 Å². The zero-order valence-corrected chi connectivity index (χ0v) is 26.1. The fourth-order valence-corrected chi connectivity index (χ4v) is 7.55. The predicted octanol–water partition coefficient (Wildman–Crippen LogP) is 13.3. The van der Waals surface area contributed by atoms with Crippen molar-refractivity contribution in [1.29, 1.82) is 0 Å². The van der Waals surface area contributed by atoms with Crippen LogP contribution in [0.15, 0.2) is 180 Å². The Morgan fingerprint density at radius 3 is 1.73 bits per heavy atom. The van der Waals surface area contributed by atoms with Crippen LogP contribution in [0.5, 0.6) is 0 Å². The quantitative estimate of drug-likeness (QED) is 0.184. The Morgan fingerprint density at radius 2 is 0.917 bits per heavy atom. The van der Waals surface area contributed by atoms with Crippen LogP contribution >= 0.6 is 0 Å². The van der Waals surface area contributed by atoms with Gasteiger partial charge in [0.15, 0.2) is 0 Å². The summed E-state index contributed by atoms with van der Waals surface area (Å²) in [6, 6.07) is 63.3. The molecular weight excluding hydrogens is 583 g/mol. The second kappa shape index (κ2) is 10.6. The maximum absolute atomic E-state index is 6.67. The van der Waals surface area contributed by atoms with E-state index in [1.165, 1.54) is 48.8 Å². The molecule has 9 aromatic carbocycles. The van der Waals surface area contributed by atoms with Crippen LogP contribution in [0, 0.1) is 0 Å². The van der Waals surface area contributed by atoms with Gasteiger partial charge in [-0.3, -0.25) is 0 Å². The summed E-state index contributed by atoms with van der Waals surface area (Å²) in [6.07, 6.45) is 0. The molecule has 0 spiro atoms. The highest BCUT2D eigenvalue weighted by Crippen LogP contribution is 2.44. The van der Waals surface area contributed by atoms with Crippen LogP contribution in [-0.2, 0) is 0 Å². The third kappa shape index (κ3) is 4.13. The summed E-state index contributed by atoms with van der Waals surface area (Å²) >= 11 is 0. The Kier molecular flexibility index (Phi) is 5.91. The highest BCUT2D eigenvalue weighted by molar-refractivity contribution is 6.18. The van der Waals surface area contributed by atoms with E-state index in [9.17, 15) is 0 Å². The van der Waals surface area contributed by atoms with Crippen LogP contribution in [0.2, 0.25) is 0 Å². The molecule has 48 heavy (non-hydrogen) atoms. The first-order valence-corrected chi connectivity index (χ1v) is 16.4. The molecule has 1 heterocycles. The van der Waals surface area contributed by atoms with Gasteiger partial charge in [0.1, 0.15) is 11.2 Å². The first-order valence-electron chi connectivity index (χ1n) is 16.4. The average Bonchev–Trinajstić information content (AvgIpc) is 3.54. The molecule has 2 heteroatoms. The van der Waals surface area contributed by atoms with Crippen molar-refractivity contribution in [3.63, 3.8) is 0 Å². The third-order valence-electron chi connectivity index (χ3n) is 9.82. The van der Waals surface area contributed by atoms with Crippen LogP contribution in [0.1, 0.15) is 0 Å². The van der Waals surface area contributed by atoms with Crippen LogP contribution in [-0.4, -0.2) is 0 Å². The molecule has 0 aliphatic heterocycles. The van der Waals surface area contributed by atoms with Gasteiger partial charge >= 0.3 is 0 Å². The zero-order chi connectivity index (χ0) is 31.6. The normalized spacial score (nSPS) is 11.8. The van der Waals surface area contributed by atoms with Crippen LogP contribution in [0.25, 0.3) is 76.2 Å². The Labute approximate surface area is 277 Å². The molecule has 0 saturated carbocycles. The number of anilines is 3. The van der Waals surface area contributed by atoms with Crippen molar-refractivity contribution in [2.24, 2.45) is 0 Å². The number of para-hydroxylation sites is 1. The molecule has 10 aromatic rings. The summed E-state index contributed by atoms with van der Waals surface area (Å²) in [7, 11) is 0. The monoisotopic (exact) mass is 611 g/mol. The van der Waals surface area contributed by atoms with E-state index >= 15 is 0 Å². The molecule has 1 aromatic heterocycles. The Bertz CT molecular complexity index is 2850. The van der Waals surface area contributed by atoms with Crippen molar-refractivity contribution in [3.8, 4) is 11.1 Å². The van der Waals surface area contributed by atoms with Crippen LogP contribution in [0.4, 0.5) is 17.1 Å². The summed E-state index contributed by atoms with van der Waals surface area (Å²) < 4.78 is 6.67. The van der Waals surface area contributed by atoms with E-state index in [2.05, 4.69) is 181 Å². The second-order valence-electron chi connectivity index (χ2n) is 12.5. The Morgan fingerprint density at radius 1 is 0.354 bits per heavy atom. The molecule has 224 valence electrons. The standard InChI is InChI=1S/C46H29NO/c1-2-10-30(11-3-1)38-15-8-9-17-44(38)47(35-22-27-42-43-25-19-32-13-5-7-16-39(32)46(43)48-45(42)29-35)34-21-26-37-33(28-34)20-24-40-36-14-6-4-12-31(36)18-23-41(37)40/h1-29H. The van der Waals surface area contributed by atoms with Crippen LogP contribution < -0.4 is 4.90 Å². The fraction of sp³-hybridized carbons (Fsp3) is 0. The maximum atomic E-state index is 6.67. The van der Waals surface area contributed by atoms with Crippen molar-refractivity contribution < 1.29 is 4.42 Å². The van der Waals surface area contributed by atoms with Crippen molar-refractivity contribution in [2.75, 3.05) is 4.90 Å². The molecule has 2 nitrogen and oxygen atoms in total. The van der Waals surface area contributed by atoms with Crippen molar-refractivity contribution in [2.45, 2.75) is 0 Å². The van der Waals surface area contributed by atoms with Crippen molar-refractivity contribution in [1.82, 2.24) is 0 Å². The van der Waals surface area contributed by atoms with Gasteiger partial charge in [-0.25, -0.2) is 0 Å². The number of benzene rings is 9. The van der Waals surface area contributed by atoms with Gasteiger partial charge in [-0.05, 0) is 79.7 Å². The lowest BCUT2D eigenvalue weighted by Crippen LogP contribution is -2.11. The molecule has 10 rings (SSSR count). The second-order valence-corrected chi connectivity index (χ2v) is 12.5. The first kappa shape index (κ1) is 26.8. The van der Waals surface area contributed by atoms with Gasteiger partial charge in [-0.1, -0.05) is 133 Å². The van der Waals surface area contributed by atoms with Gasteiger partial charge in [0.25, 0.3) is 0 Å². The van der Waals surface area contributed by atoms with Gasteiger partial charge in [0.2, 0.25) is 0 Å². The zero-order valence-electron chi connectivity index (χ0n) is 26.1. The first-order chi connectivity index (χ1) is 23.8. The van der Waals surface area contributed by atoms with E-state index in [0.29, 0.717) is 0 Å². The van der Waals surface area contributed by atoms with Crippen molar-refractivity contribution >= 4 is 82.1 Å². The lowest BCUT2D eigenvalue weighted by Gasteiger charge is -2.28. The van der Waals surface area contributed by atoms with E-state index in [1.807, 2.05) is 0 Å². The molecule has 0 bridgehead atoms. The van der Waals surface area contributed by atoms with Gasteiger partial charge in [-0.15, -0.1) is 0 Å². The van der Waals surface area contributed by atoms with E-state index in [-0.39, 0.29) is 0 Å². The summed E-state index contributed by atoms with van der Waals surface area (Å²) in [6.45, 7) is 0. The summed E-state index contributed by atoms with van der Waals surface area (Å²) in [4.78, 5) is 2.37. The molecule has 0 radical (unpaired) electrons. The molecule has 0 unspecified atom stereocenters. The maximum Gasteiger partial charge on any atom is 0.143 e. The van der Waals surface area contributed by atoms with E-state index in [4.69, 9.17) is 4.42 Å². The lowest BCUT2D eigenvalue weighted by molar-refractivity contribution is 0.672. The lowest BCUT2D eigenvalue weighted by atomic mass is 9.96. The minimum atomic E-state index is 0.875. The topological polar surface area (TPSA) is 16.4 Å². The molecule has 0 fully saturated rings. The van der Waals surface area contributed by atoms with Gasteiger partial charge in [0.05, 0.1) is 5.69 Å². The van der Waals surface area contributed by atoms with E-state index in [1.54, 1.807) is 0 Å². The predicted molar refractivity (Wildman–Crippen MR) is 204 cm³/mol. The van der Waals surface area contributed by atoms with Gasteiger partial charge < -0.3 is 9.32 Å². The van der Waals surface area contributed by atoms with Gasteiger partial charge in [0, 0.05) is 39.2 Å². The van der Waals surface area contributed by atoms with E-state index < -0.39 is 0 Å². The van der Waals surface area contributed by atoms with Crippen molar-refractivity contribution in [3.05, 3.63) is 176 Å². The summed E-state index contributed by atoms with van der Waals surface area (Å²) in [5.74, 6) is 0. The van der Waals surface area contributed by atoms with Gasteiger partial charge in [-0.2, -0.15) is 0 Å². The Hall–Kier alpha value is -6.38. The molecule has 0 atom stereocenters. The molecule has 0 aliphatic rings. The molecule has 0 amide bonds. The number of furan rings is 1. The highest BCUT2D eigenvalue weighted by Gasteiger charge is 2.20. The van der Waals surface area contributed by atoms with E-state index in [0.717, 1.165) is 44.4 Å². The largest absolute Gasteiger partial charge is 0.455 e. The number of fused-ring (bicyclic) bond motifs is 10. The average molecular weight is 612 g/mol. The number of nitrogens with zero attached hydrogens (tertiary/aromatic N) is 1. The number of hydrogen-bond acceptors (Lipinski definition) is 2. The fourth-order valence-electron chi connectivity index (χ4n) is 7.55. The minimum Gasteiger partial charge on any atom is -0.455 e. The molecule has 0 aliphatic carbocycles. The number of hydrogen-bond donors (Lipinski definition) is 0. The summed E-state index contributed by atoms with van der Waals surface area (Å²) in [5, 5.41) is 12.1. The SMILES string of the molecule is c1ccc(-c2ccccc2N(c2ccc3c(ccc4c5ccccc5ccc34)c2)c2ccc3c(c2)oc2c4ccccc4ccc32)cc1. The Balaban J connectivity index is 1.21. The molecule has 0 N–H and O–H groups in total. The highest BCUT2D eigenvalue weighted by atomic mass is 16.3. The molecule has 0 saturated heterocycles.